The molecule has 0 aliphatic carbocycles. The number of hydrogen-bond acceptors (Lipinski definition) is 2. The highest BCUT2D eigenvalue weighted by Crippen LogP contribution is 2.38. The first kappa shape index (κ1) is 19.2. The number of hydrogen-bond donors (Lipinski definition) is 1. The van der Waals surface area contributed by atoms with Gasteiger partial charge in [0.2, 0.25) is 0 Å². The Labute approximate surface area is 145 Å². The van der Waals surface area contributed by atoms with Crippen molar-refractivity contribution >= 4 is 0 Å². The third kappa shape index (κ3) is 7.13. The highest BCUT2D eigenvalue weighted by molar-refractivity contribution is 4.87. The van der Waals surface area contributed by atoms with E-state index in [-0.39, 0.29) is 0 Å². The molecule has 1 N–H and O–H groups in total. The van der Waals surface area contributed by atoms with Gasteiger partial charge in [0, 0.05) is 6.04 Å². The zero-order valence-electron chi connectivity index (χ0n) is 16.8. The second kappa shape index (κ2) is 7.87. The van der Waals surface area contributed by atoms with Crippen molar-refractivity contribution in [3.05, 3.63) is 0 Å². The van der Waals surface area contributed by atoms with Crippen LogP contribution in [0.5, 0.6) is 0 Å². The van der Waals surface area contributed by atoms with Crippen LogP contribution in [0, 0.1) is 22.7 Å². The lowest BCUT2D eigenvalue weighted by atomic mass is 9.72. The van der Waals surface area contributed by atoms with E-state index in [1.165, 1.54) is 64.6 Å². The fourth-order valence-corrected chi connectivity index (χ4v) is 5.10. The third-order valence-electron chi connectivity index (χ3n) is 5.98. The average molecular weight is 323 g/mol. The summed E-state index contributed by atoms with van der Waals surface area (Å²) in [4.78, 5) is 2.49. The van der Waals surface area contributed by atoms with Crippen LogP contribution in [-0.4, -0.2) is 37.6 Å². The molecule has 0 amide bonds. The molecule has 0 bridgehead atoms. The normalized spacial score (nSPS) is 29.0. The van der Waals surface area contributed by atoms with E-state index in [0.29, 0.717) is 10.8 Å². The van der Waals surface area contributed by atoms with Crippen LogP contribution >= 0.6 is 0 Å². The molecule has 0 aromatic rings. The molecule has 2 atom stereocenters. The van der Waals surface area contributed by atoms with Gasteiger partial charge < -0.3 is 10.2 Å². The summed E-state index contributed by atoms with van der Waals surface area (Å²) in [6, 6.07) is 0.748. The van der Waals surface area contributed by atoms with Gasteiger partial charge in [0.05, 0.1) is 0 Å². The van der Waals surface area contributed by atoms with Crippen molar-refractivity contribution in [1.82, 2.24) is 10.2 Å². The molecule has 2 heterocycles. The van der Waals surface area contributed by atoms with Gasteiger partial charge in [-0.15, -0.1) is 0 Å². The van der Waals surface area contributed by atoms with E-state index in [4.69, 9.17) is 0 Å². The number of nitrogens with zero attached hydrogens (tertiary/aromatic N) is 1. The van der Waals surface area contributed by atoms with E-state index in [0.717, 1.165) is 17.9 Å². The number of rotatable bonds is 5. The number of piperidine rings is 2. The fraction of sp³-hybridized carbons (Fsp3) is 1.00. The Kier molecular flexibility index (Phi) is 6.58. The lowest BCUT2D eigenvalue weighted by Gasteiger charge is -2.40. The minimum absolute atomic E-state index is 0.482. The molecule has 2 nitrogen and oxygen atoms in total. The van der Waals surface area contributed by atoms with Gasteiger partial charge in [0.15, 0.2) is 0 Å². The first-order valence-electron chi connectivity index (χ1n) is 10.0. The molecular weight excluding hydrogens is 280 g/mol. The number of nitrogens with one attached hydrogen (secondary N) is 1. The Morgan fingerprint density at radius 2 is 1.52 bits per heavy atom. The summed E-state index contributed by atoms with van der Waals surface area (Å²) in [7, 11) is 2.27. The molecule has 0 aromatic heterocycles. The topological polar surface area (TPSA) is 15.3 Å². The van der Waals surface area contributed by atoms with E-state index >= 15 is 0 Å². The summed E-state index contributed by atoms with van der Waals surface area (Å²) >= 11 is 0. The van der Waals surface area contributed by atoms with Crippen molar-refractivity contribution in [2.24, 2.45) is 22.7 Å². The quantitative estimate of drug-likeness (QED) is 0.771. The molecule has 2 heteroatoms. The standard InChI is InChI=1S/C21H42N2/c1-20(2,3)14-18-7-10-22-19(13-18)16-21(4,5)15-17-8-11-23(6)12-9-17/h17-19,22H,7-16H2,1-6H3. The van der Waals surface area contributed by atoms with Crippen molar-refractivity contribution in [2.75, 3.05) is 26.7 Å². The van der Waals surface area contributed by atoms with Crippen molar-refractivity contribution in [3.63, 3.8) is 0 Å². The zero-order valence-corrected chi connectivity index (χ0v) is 16.8. The van der Waals surface area contributed by atoms with E-state index in [9.17, 15) is 0 Å². The van der Waals surface area contributed by atoms with Gasteiger partial charge >= 0.3 is 0 Å². The molecule has 0 saturated carbocycles. The van der Waals surface area contributed by atoms with Gasteiger partial charge in [-0.1, -0.05) is 34.6 Å². The smallest absolute Gasteiger partial charge is 0.00747 e. The maximum atomic E-state index is 3.83. The molecular formula is C21H42N2. The monoisotopic (exact) mass is 322 g/mol. The van der Waals surface area contributed by atoms with Crippen LogP contribution in [0.1, 0.15) is 79.6 Å². The predicted molar refractivity (Wildman–Crippen MR) is 102 cm³/mol. The molecule has 2 aliphatic rings. The Hall–Kier alpha value is -0.0800. The SMILES string of the molecule is CN1CCC(CC(C)(C)CC2CC(CC(C)(C)C)CCN2)CC1. The first-order valence-corrected chi connectivity index (χ1v) is 10.0. The highest BCUT2D eigenvalue weighted by Gasteiger charge is 2.32. The second-order valence-corrected chi connectivity index (χ2v) is 10.6. The van der Waals surface area contributed by atoms with Crippen LogP contribution in [-0.2, 0) is 0 Å². The molecule has 23 heavy (non-hydrogen) atoms. The van der Waals surface area contributed by atoms with Gasteiger partial charge in [0.1, 0.15) is 0 Å². The first-order chi connectivity index (χ1) is 10.6. The summed E-state index contributed by atoms with van der Waals surface area (Å²) in [5.41, 5.74) is 0.970. The minimum atomic E-state index is 0.482. The zero-order chi connectivity index (χ0) is 17.1. The largest absolute Gasteiger partial charge is 0.314 e. The van der Waals surface area contributed by atoms with E-state index in [2.05, 4.69) is 51.9 Å². The van der Waals surface area contributed by atoms with Gasteiger partial charge in [0.25, 0.3) is 0 Å². The summed E-state index contributed by atoms with van der Waals surface area (Å²) < 4.78 is 0. The maximum absolute atomic E-state index is 3.83. The summed E-state index contributed by atoms with van der Waals surface area (Å²) in [5.74, 6) is 1.88. The molecule has 0 spiro atoms. The van der Waals surface area contributed by atoms with Gasteiger partial charge in [-0.2, -0.15) is 0 Å². The summed E-state index contributed by atoms with van der Waals surface area (Å²) in [6.07, 6.45) is 9.76. The van der Waals surface area contributed by atoms with Crippen LogP contribution in [0.25, 0.3) is 0 Å². The molecule has 2 fully saturated rings. The molecule has 136 valence electrons. The van der Waals surface area contributed by atoms with Gasteiger partial charge in [-0.05, 0) is 94.3 Å². The Morgan fingerprint density at radius 3 is 2.13 bits per heavy atom. The summed E-state index contributed by atoms with van der Waals surface area (Å²) in [6.45, 7) is 16.1. The molecule has 2 unspecified atom stereocenters. The molecule has 2 saturated heterocycles. The van der Waals surface area contributed by atoms with Crippen LogP contribution in [0.2, 0.25) is 0 Å². The highest BCUT2D eigenvalue weighted by atomic mass is 15.1. The number of likely N-dealkylation sites (tertiary alicyclic amines) is 1. The van der Waals surface area contributed by atoms with Crippen molar-refractivity contribution in [2.45, 2.75) is 85.6 Å². The third-order valence-corrected chi connectivity index (χ3v) is 5.98. The van der Waals surface area contributed by atoms with Crippen molar-refractivity contribution in [1.29, 1.82) is 0 Å². The van der Waals surface area contributed by atoms with Crippen LogP contribution in [0.15, 0.2) is 0 Å². The van der Waals surface area contributed by atoms with Crippen molar-refractivity contribution in [3.8, 4) is 0 Å². The molecule has 0 radical (unpaired) electrons. The van der Waals surface area contributed by atoms with Crippen molar-refractivity contribution < 1.29 is 0 Å². The van der Waals surface area contributed by atoms with Gasteiger partial charge in [-0.3, -0.25) is 0 Å². The van der Waals surface area contributed by atoms with Crippen LogP contribution in [0.3, 0.4) is 0 Å². The van der Waals surface area contributed by atoms with Crippen LogP contribution < -0.4 is 5.32 Å². The maximum Gasteiger partial charge on any atom is 0.00747 e. The Bertz CT molecular complexity index is 347. The minimum Gasteiger partial charge on any atom is -0.314 e. The van der Waals surface area contributed by atoms with E-state index in [1.54, 1.807) is 0 Å². The predicted octanol–water partition coefficient (Wildman–Crippen LogP) is 4.94. The molecule has 2 aliphatic heterocycles. The summed E-state index contributed by atoms with van der Waals surface area (Å²) in [5, 5.41) is 3.83. The van der Waals surface area contributed by atoms with E-state index in [1.807, 2.05) is 0 Å². The Morgan fingerprint density at radius 1 is 0.870 bits per heavy atom. The van der Waals surface area contributed by atoms with E-state index < -0.39 is 0 Å². The lowest BCUT2D eigenvalue weighted by Crippen LogP contribution is -2.42. The molecule has 0 aromatic carbocycles. The second-order valence-electron chi connectivity index (χ2n) is 10.6. The molecule has 2 rings (SSSR count). The lowest BCUT2D eigenvalue weighted by molar-refractivity contribution is 0.134. The average Bonchev–Trinajstić information content (AvgIpc) is 2.39. The Balaban J connectivity index is 1.79. The van der Waals surface area contributed by atoms with Gasteiger partial charge in [-0.25, -0.2) is 0 Å². The fourth-order valence-electron chi connectivity index (χ4n) is 5.10. The van der Waals surface area contributed by atoms with Crippen LogP contribution in [0.4, 0.5) is 0 Å².